The van der Waals surface area contributed by atoms with Crippen molar-refractivity contribution in [3.8, 4) is 11.5 Å². The second kappa shape index (κ2) is 6.08. The van der Waals surface area contributed by atoms with Crippen LogP contribution in [-0.4, -0.2) is 23.7 Å². The maximum atomic E-state index is 9.87. The molecule has 0 saturated heterocycles. The zero-order valence-electron chi connectivity index (χ0n) is 12.0. The van der Waals surface area contributed by atoms with Crippen molar-refractivity contribution < 1.29 is 9.84 Å². The van der Waals surface area contributed by atoms with E-state index < -0.39 is 0 Å². The number of rotatable bonds is 3. The molecule has 21 heavy (non-hydrogen) atoms. The predicted octanol–water partition coefficient (Wildman–Crippen LogP) is 3.72. The maximum Gasteiger partial charge on any atom is 0.172 e. The highest BCUT2D eigenvalue weighted by Gasteiger charge is 2.17. The van der Waals surface area contributed by atoms with Crippen molar-refractivity contribution in [2.45, 2.75) is 19.5 Å². The number of ether oxygens (including phenoxy) is 1. The molecule has 4 heteroatoms. The highest BCUT2D eigenvalue weighted by molar-refractivity contribution is 9.10. The summed E-state index contributed by atoms with van der Waals surface area (Å²) in [5.41, 5.74) is 4.00. The summed E-state index contributed by atoms with van der Waals surface area (Å²) in [6, 6.07) is 12.5. The molecule has 2 aromatic carbocycles. The molecule has 1 heterocycles. The largest absolute Gasteiger partial charge is 0.503 e. The average Bonchev–Trinajstić information content (AvgIpc) is 2.50. The van der Waals surface area contributed by atoms with Crippen LogP contribution in [0.4, 0.5) is 0 Å². The first-order chi connectivity index (χ1) is 10.2. The molecule has 0 atom stereocenters. The van der Waals surface area contributed by atoms with E-state index in [0.29, 0.717) is 10.2 Å². The van der Waals surface area contributed by atoms with Crippen LogP contribution in [0.1, 0.15) is 16.7 Å². The number of methoxy groups -OCH3 is 1. The zero-order valence-corrected chi connectivity index (χ0v) is 13.6. The summed E-state index contributed by atoms with van der Waals surface area (Å²) in [4.78, 5) is 2.42. The van der Waals surface area contributed by atoms with Gasteiger partial charge in [0.25, 0.3) is 0 Å². The highest BCUT2D eigenvalue weighted by atomic mass is 79.9. The Balaban J connectivity index is 1.78. The number of aromatic hydroxyl groups is 1. The summed E-state index contributed by atoms with van der Waals surface area (Å²) in [6.45, 7) is 2.87. The molecule has 0 unspecified atom stereocenters. The lowest BCUT2D eigenvalue weighted by molar-refractivity contribution is 0.245. The Kier molecular flexibility index (Phi) is 4.17. The van der Waals surface area contributed by atoms with Crippen LogP contribution in [0.5, 0.6) is 11.5 Å². The molecule has 110 valence electrons. The molecule has 0 amide bonds. The van der Waals surface area contributed by atoms with Crippen LogP contribution in [0.3, 0.4) is 0 Å². The van der Waals surface area contributed by atoms with Gasteiger partial charge in [0.2, 0.25) is 0 Å². The van der Waals surface area contributed by atoms with Crippen LogP contribution in [-0.2, 0) is 19.5 Å². The van der Waals surface area contributed by atoms with Gasteiger partial charge in [-0.1, -0.05) is 24.3 Å². The van der Waals surface area contributed by atoms with E-state index in [-0.39, 0.29) is 5.75 Å². The Bertz CT molecular complexity index is 657. The third-order valence-corrected chi connectivity index (χ3v) is 4.53. The molecule has 0 aliphatic carbocycles. The minimum Gasteiger partial charge on any atom is -0.503 e. The van der Waals surface area contributed by atoms with E-state index >= 15 is 0 Å². The summed E-state index contributed by atoms with van der Waals surface area (Å²) in [7, 11) is 1.57. The number of nitrogens with zero attached hydrogens (tertiary/aromatic N) is 1. The van der Waals surface area contributed by atoms with E-state index in [1.165, 1.54) is 11.1 Å². The van der Waals surface area contributed by atoms with Gasteiger partial charge in [-0.3, -0.25) is 4.90 Å². The monoisotopic (exact) mass is 347 g/mol. The van der Waals surface area contributed by atoms with E-state index in [9.17, 15) is 5.11 Å². The quantitative estimate of drug-likeness (QED) is 0.918. The van der Waals surface area contributed by atoms with E-state index in [1.807, 2.05) is 12.1 Å². The molecule has 0 bridgehead atoms. The topological polar surface area (TPSA) is 32.7 Å². The van der Waals surface area contributed by atoms with Gasteiger partial charge >= 0.3 is 0 Å². The second-order valence-corrected chi connectivity index (χ2v) is 6.21. The Morgan fingerprint density at radius 3 is 2.76 bits per heavy atom. The number of hydrogen-bond donors (Lipinski definition) is 1. The molecule has 0 aromatic heterocycles. The molecule has 0 radical (unpaired) electrons. The average molecular weight is 348 g/mol. The summed E-state index contributed by atoms with van der Waals surface area (Å²) >= 11 is 3.38. The number of halogens is 1. The minimum atomic E-state index is 0.158. The Labute approximate surface area is 133 Å². The van der Waals surface area contributed by atoms with Gasteiger partial charge in [-0.2, -0.15) is 0 Å². The number of phenols is 1. The molecule has 1 aliphatic heterocycles. The second-order valence-electron chi connectivity index (χ2n) is 5.36. The summed E-state index contributed by atoms with van der Waals surface area (Å²) in [5, 5.41) is 9.87. The number of hydrogen-bond acceptors (Lipinski definition) is 3. The molecule has 2 aromatic rings. The third kappa shape index (κ3) is 3.06. The third-order valence-electron chi connectivity index (χ3n) is 3.92. The molecular formula is C17H18BrNO2. The smallest absolute Gasteiger partial charge is 0.172 e. The maximum absolute atomic E-state index is 9.87. The van der Waals surface area contributed by atoms with Crippen LogP contribution in [0, 0.1) is 0 Å². The highest BCUT2D eigenvalue weighted by Crippen LogP contribution is 2.35. The molecule has 3 nitrogen and oxygen atoms in total. The Hall–Kier alpha value is -1.52. The molecule has 0 saturated carbocycles. The van der Waals surface area contributed by atoms with Gasteiger partial charge in [0.05, 0.1) is 11.6 Å². The number of fused-ring (bicyclic) bond motifs is 1. The predicted molar refractivity (Wildman–Crippen MR) is 86.6 cm³/mol. The van der Waals surface area contributed by atoms with Crippen LogP contribution in [0.25, 0.3) is 0 Å². The SMILES string of the molecule is COc1cc(CN2CCc3ccccc3C2)cc(Br)c1O. The first-order valence-electron chi connectivity index (χ1n) is 7.02. The lowest BCUT2D eigenvalue weighted by Gasteiger charge is -2.29. The van der Waals surface area contributed by atoms with Crippen molar-refractivity contribution in [3.63, 3.8) is 0 Å². The van der Waals surface area contributed by atoms with Crippen LogP contribution in [0.2, 0.25) is 0 Å². The fourth-order valence-corrected chi connectivity index (χ4v) is 3.31. The van der Waals surface area contributed by atoms with Crippen molar-refractivity contribution in [2.24, 2.45) is 0 Å². The van der Waals surface area contributed by atoms with Crippen LogP contribution >= 0.6 is 15.9 Å². The molecule has 0 spiro atoms. The molecule has 0 fully saturated rings. The zero-order chi connectivity index (χ0) is 14.8. The van der Waals surface area contributed by atoms with Crippen molar-refractivity contribution in [3.05, 3.63) is 57.6 Å². The van der Waals surface area contributed by atoms with E-state index in [2.05, 4.69) is 45.1 Å². The number of phenolic OH excluding ortho intramolecular Hbond substituents is 1. The molecule has 1 N–H and O–H groups in total. The van der Waals surface area contributed by atoms with Gasteiger partial charge in [0.1, 0.15) is 0 Å². The molecule has 1 aliphatic rings. The first-order valence-corrected chi connectivity index (χ1v) is 7.81. The fraction of sp³-hybridized carbons (Fsp3) is 0.294. The van der Waals surface area contributed by atoms with Gasteiger partial charge in [-0.25, -0.2) is 0 Å². The molecule has 3 rings (SSSR count). The van der Waals surface area contributed by atoms with Crippen LogP contribution < -0.4 is 4.74 Å². The van der Waals surface area contributed by atoms with Crippen molar-refractivity contribution in [1.29, 1.82) is 0 Å². The van der Waals surface area contributed by atoms with Gasteiger partial charge in [-0.15, -0.1) is 0 Å². The Morgan fingerprint density at radius 2 is 2.00 bits per heavy atom. The van der Waals surface area contributed by atoms with Gasteiger partial charge in [-0.05, 0) is 51.2 Å². The van der Waals surface area contributed by atoms with E-state index in [0.717, 1.165) is 31.6 Å². The molecular weight excluding hydrogens is 330 g/mol. The van der Waals surface area contributed by atoms with Crippen molar-refractivity contribution in [2.75, 3.05) is 13.7 Å². The summed E-state index contributed by atoms with van der Waals surface area (Å²) < 4.78 is 5.89. The normalized spacial score (nSPS) is 14.8. The van der Waals surface area contributed by atoms with E-state index in [4.69, 9.17) is 4.74 Å². The van der Waals surface area contributed by atoms with Crippen LogP contribution in [0.15, 0.2) is 40.9 Å². The van der Waals surface area contributed by atoms with Gasteiger partial charge < -0.3 is 9.84 Å². The van der Waals surface area contributed by atoms with Gasteiger partial charge in [0, 0.05) is 19.6 Å². The first kappa shape index (κ1) is 14.4. The minimum absolute atomic E-state index is 0.158. The lowest BCUT2D eigenvalue weighted by atomic mass is 9.99. The lowest BCUT2D eigenvalue weighted by Crippen LogP contribution is -2.29. The summed E-state index contributed by atoms with van der Waals surface area (Å²) in [6.07, 6.45) is 1.09. The fourth-order valence-electron chi connectivity index (χ4n) is 2.82. The standard InChI is InChI=1S/C17H18BrNO2/c1-21-16-9-12(8-15(18)17(16)20)10-19-7-6-13-4-2-3-5-14(13)11-19/h2-5,8-9,20H,6-7,10-11H2,1H3. The van der Waals surface area contributed by atoms with Crippen molar-refractivity contribution in [1.82, 2.24) is 4.90 Å². The summed E-state index contributed by atoms with van der Waals surface area (Å²) in [5.74, 6) is 0.669. The number of benzene rings is 2. The van der Waals surface area contributed by atoms with Gasteiger partial charge in [0.15, 0.2) is 11.5 Å². The van der Waals surface area contributed by atoms with E-state index in [1.54, 1.807) is 7.11 Å². The Morgan fingerprint density at radius 1 is 1.24 bits per heavy atom. The van der Waals surface area contributed by atoms with Crippen molar-refractivity contribution >= 4 is 15.9 Å².